The summed E-state index contributed by atoms with van der Waals surface area (Å²) >= 11 is 5.90. The van der Waals surface area contributed by atoms with Crippen molar-refractivity contribution >= 4 is 27.3 Å². The standard InChI is InChI=1S/C14H14ClNO3S/c1-2-20(17,18)16-13-10-11(15)8-9-14(13)19-12-6-4-3-5-7-12/h3-10,16H,2H2,1H3. The van der Waals surface area contributed by atoms with Crippen LogP contribution in [0.25, 0.3) is 0 Å². The summed E-state index contributed by atoms with van der Waals surface area (Å²) in [7, 11) is -3.39. The summed E-state index contributed by atoms with van der Waals surface area (Å²) in [5.41, 5.74) is 0.322. The third-order valence-electron chi connectivity index (χ3n) is 2.56. The molecule has 2 aromatic rings. The molecule has 0 radical (unpaired) electrons. The van der Waals surface area contributed by atoms with Crippen molar-refractivity contribution in [1.29, 1.82) is 0 Å². The van der Waals surface area contributed by atoms with E-state index < -0.39 is 10.0 Å². The van der Waals surface area contributed by atoms with Gasteiger partial charge in [-0.1, -0.05) is 29.8 Å². The molecule has 20 heavy (non-hydrogen) atoms. The van der Waals surface area contributed by atoms with Gasteiger partial charge in [-0.2, -0.15) is 0 Å². The second-order valence-corrected chi connectivity index (χ2v) is 6.51. The smallest absolute Gasteiger partial charge is 0.232 e. The van der Waals surface area contributed by atoms with E-state index in [-0.39, 0.29) is 5.75 Å². The fourth-order valence-corrected chi connectivity index (χ4v) is 2.34. The van der Waals surface area contributed by atoms with Crippen LogP contribution in [-0.2, 0) is 10.0 Å². The molecule has 0 fully saturated rings. The lowest BCUT2D eigenvalue weighted by molar-refractivity contribution is 0.485. The third kappa shape index (κ3) is 3.88. The number of ether oxygens (including phenoxy) is 1. The molecular formula is C14H14ClNO3S. The van der Waals surface area contributed by atoms with Gasteiger partial charge in [-0.3, -0.25) is 4.72 Å². The number of halogens is 1. The summed E-state index contributed by atoms with van der Waals surface area (Å²) in [5, 5.41) is 0.430. The molecule has 0 unspecified atom stereocenters. The van der Waals surface area contributed by atoms with Gasteiger partial charge < -0.3 is 4.74 Å². The average molecular weight is 312 g/mol. The minimum atomic E-state index is -3.39. The number of hydrogen-bond acceptors (Lipinski definition) is 3. The lowest BCUT2D eigenvalue weighted by Gasteiger charge is -2.13. The lowest BCUT2D eigenvalue weighted by Crippen LogP contribution is -2.15. The molecule has 0 aliphatic rings. The Morgan fingerprint density at radius 2 is 1.85 bits per heavy atom. The maximum atomic E-state index is 11.7. The van der Waals surface area contributed by atoms with E-state index in [4.69, 9.17) is 16.3 Å². The zero-order chi connectivity index (χ0) is 14.6. The van der Waals surface area contributed by atoms with Crippen LogP contribution >= 0.6 is 11.6 Å². The number of rotatable bonds is 5. The predicted octanol–water partition coefficient (Wildman–Crippen LogP) is 3.89. The molecule has 1 N–H and O–H groups in total. The van der Waals surface area contributed by atoms with Crippen LogP contribution < -0.4 is 9.46 Å². The average Bonchev–Trinajstić information content (AvgIpc) is 2.43. The largest absolute Gasteiger partial charge is 0.455 e. The van der Waals surface area contributed by atoms with Crippen LogP contribution in [0.2, 0.25) is 5.02 Å². The maximum Gasteiger partial charge on any atom is 0.232 e. The van der Waals surface area contributed by atoms with Crippen LogP contribution in [0.15, 0.2) is 48.5 Å². The minimum Gasteiger partial charge on any atom is -0.455 e. The van der Waals surface area contributed by atoms with Crippen molar-refractivity contribution < 1.29 is 13.2 Å². The highest BCUT2D eigenvalue weighted by Crippen LogP contribution is 2.32. The Kier molecular flexibility index (Phi) is 4.52. The van der Waals surface area contributed by atoms with Crippen LogP contribution in [0, 0.1) is 0 Å². The summed E-state index contributed by atoms with van der Waals surface area (Å²) in [6, 6.07) is 13.9. The van der Waals surface area contributed by atoms with Crippen LogP contribution in [-0.4, -0.2) is 14.2 Å². The maximum absolute atomic E-state index is 11.7. The first-order valence-corrected chi connectivity index (χ1v) is 8.06. The summed E-state index contributed by atoms with van der Waals surface area (Å²) in [5.74, 6) is 0.994. The summed E-state index contributed by atoms with van der Waals surface area (Å²) in [6.45, 7) is 1.56. The number of hydrogen-bond donors (Lipinski definition) is 1. The van der Waals surface area contributed by atoms with Crippen LogP contribution in [0.1, 0.15) is 6.92 Å². The highest BCUT2D eigenvalue weighted by molar-refractivity contribution is 7.92. The topological polar surface area (TPSA) is 55.4 Å². The Morgan fingerprint density at radius 1 is 1.15 bits per heavy atom. The van der Waals surface area contributed by atoms with Crippen molar-refractivity contribution in [2.24, 2.45) is 0 Å². The Labute approximate surface area is 123 Å². The second-order valence-electron chi connectivity index (χ2n) is 4.06. The van der Waals surface area contributed by atoms with Gasteiger partial charge in [0.1, 0.15) is 5.75 Å². The number of para-hydroxylation sites is 1. The Bertz CT molecular complexity index is 687. The number of anilines is 1. The van der Waals surface area contributed by atoms with Gasteiger partial charge in [0.25, 0.3) is 0 Å². The van der Waals surface area contributed by atoms with Crippen molar-refractivity contribution in [3.63, 3.8) is 0 Å². The zero-order valence-electron chi connectivity index (χ0n) is 10.8. The Hall–Kier alpha value is -1.72. The van der Waals surface area contributed by atoms with Crippen molar-refractivity contribution in [3.8, 4) is 11.5 Å². The minimum absolute atomic E-state index is 0.0235. The Morgan fingerprint density at radius 3 is 2.50 bits per heavy atom. The molecule has 2 aromatic carbocycles. The number of nitrogens with one attached hydrogen (secondary N) is 1. The fourth-order valence-electron chi connectivity index (χ4n) is 1.53. The van der Waals surface area contributed by atoms with Gasteiger partial charge >= 0.3 is 0 Å². The molecule has 0 amide bonds. The van der Waals surface area contributed by atoms with Crippen molar-refractivity contribution in [3.05, 3.63) is 53.6 Å². The van der Waals surface area contributed by atoms with Gasteiger partial charge in [0, 0.05) is 5.02 Å². The number of sulfonamides is 1. The summed E-state index contributed by atoms with van der Waals surface area (Å²) in [4.78, 5) is 0. The summed E-state index contributed by atoms with van der Waals surface area (Å²) in [6.07, 6.45) is 0. The summed E-state index contributed by atoms with van der Waals surface area (Å²) < 4.78 is 31.5. The SMILES string of the molecule is CCS(=O)(=O)Nc1cc(Cl)ccc1Oc1ccccc1. The fraction of sp³-hybridized carbons (Fsp3) is 0.143. The van der Waals surface area contributed by atoms with Gasteiger partial charge in [-0.25, -0.2) is 8.42 Å². The van der Waals surface area contributed by atoms with Gasteiger partial charge in [-0.05, 0) is 37.3 Å². The molecule has 0 heterocycles. The quantitative estimate of drug-likeness (QED) is 0.911. The van der Waals surface area contributed by atoms with Crippen LogP contribution in [0.5, 0.6) is 11.5 Å². The highest BCUT2D eigenvalue weighted by atomic mass is 35.5. The first kappa shape index (κ1) is 14.7. The third-order valence-corrected chi connectivity index (χ3v) is 4.08. The van der Waals surface area contributed by atoms with E-state index in [9.17, 15) is 8.42 Å². The first-order valence-electron chi connectivity index (χ1n) is 6.03. The molecule has 0 saturated carbocycles. The van der Waals surface area contributed by atoms with Crippen LogP contribution in [0.4, 0.5) is 5.69 Å². The van der Waals surface area contributed by atoms with E-state index in [0.29, 0.717) is 22.2 Å². The van der Waals surface area contributed by atoms with E-state index in [2.05, 4.69) is 4.72 Å². The van der Waals surface area contributed by atoms with Crippen molar-refractivity contribution in [2.45, 2.75) is 6.92 Å². The molecular weight excluding hydrogens is 298 g/mol. The molecule has 2 rings (SSSR count). The normalized spacial score (nSPS) is 11.1. The first-order chi connectivity index (χ1) is 9.50. The Balaban J connectivity index is 2.33. The molecule has 0 aliphatic heterocycles. The van der Waals surface area contributed by atoms with Gasteiger partial charge in [-0.15, -0.1) is 0 Å². The van der Waals surface area contributed by atoms with E-state index in [1.165, 1.54) is 6.07 Å². The van der Waals surface area contributed by atoms with E-state index in [1.54, 1.807) is 31.2 Å². The molecule has 0 aromatic heterocycles. The zero-order valence-corrected chi connectivity index (χ0v) is 12.4. The molecule has 0 saturated heterocycles. The molecule has 6 heteroatoms. The molecule has 4 nitrogen and oxygen atoms in total. The van der Waals surface area contributed by atoms with E-state index in [0.717, 1.165) is 0 Å². The molecule has 0 atom stereocenters. The van der Waals surface area contributed by atoms with E-state index >= 15 is 0 Å². The van der Waals surface area contributed by atoms with E-state index in [1.807, 2.05) is 18.2 Å². The van der Waals surface area contributed by atoms with Crippen molar-refractivity contribution in [2.75, 3.05) is 10.5 Å². The molecule has 0 bridgehead atoms. The number of benzene rings is 2. The van der Waals surface area contributed by atoms with Crippen molar-refractivity contribution in [1.82, 2.24) is 0 Å². The van der Waals surface area contributed by atoms with Crippen LogP contribution in [0.3, 0.4) is 0 Å². The molecule has 0 aliphatic carbocycles. The van der Waals surface area contributed by atoms with Gasteiger partial charge in [0.05, 0.1) is 11.4 Å². The highest BCUT2D eigenvalue weighted by Gasteiger charge is 2.12. The predicted molar refractivity (Wildman–Crippen MR) is 81.1 cm³/mol. The second kappa shape index (κ2) is 6.15. The molecule has 106 valence electrons. The monoisotopic (exact) mass is 311 g/mol. The molecule has 0 spiro atoms. The lowest BCUT2D eigenvalue weighted by atomic mass is 10.3. The van der Waals surface area contributed by atoms with Gasteiger partial charge in [0.15, 0.2) is 5.75 Å². The van der Waals surface area contributed by atoms with Gasteiger partial charge in [0.2, 0.25) is 10.0 Å².